The topological polar surface area (TPSA) is 78.4 Å². The van der Waals surface area contributed by atoms with E-state index in [0.29, 0.717) is 0 Å². The molecule has 0 aromatic rings. The Morgan fingerprint density at radius 2 is 2.00 bits per heavy atom. The summed E-state index contributed by atoms with van der Waals surface area (Å²) < 4.78 is 0. The molecule has 1 rings (SSSR count). The van der Waals surface area contributed by atoms with Crippen LogP contribution >= 0.6 is 0 Å². The molecule has 0 radical (unpaired) electrons. The van der Waals surface area contributed by atoms with Gasteiger partial charge in [0.25, 0.3) is 0 Å². The maximum absolute atomic E-state index is 11.6. The number of nitrogens with one attached hydrogen (secondary N) is 2. The Balaban J connectivity index is 2.45. The quantitative estimate of drug-likeness (QED) is 0.578. The number of carboxylic acid groups (broad SMARTS) is 1. The van der Waals surface area contributed by atoms with Crippen molar-refractivity contribution in [1.29, 1.82) is 0 Å². The number of piperidine rings is 1. The molecule has 5 heteroatoms. The molecule has 1 aliphatic heterocycles. The standard InChI is InChI=1S/C9H16N2O3/c1-9(2-4-10-5-3-9)8(14)11-6-7(12)13/h10H,2-6H2,1H3,(H,11,14)(H,12,13). The SMILES string of the molecule is CC1(C(=O)NCC(=O)O)CCNCC1. The van der Waals surface area contributed by atoms with Gasteiger partial charge in [0.2, 0.25) is 5.91 Å². The van der Waals surface area contributed by atoms with E-state index in [0.717, 1.165) is 25.9 Å². The van der Waals surface area contributed by atoms with E-state index in [1.165, 1.54) is 0 Å². The number of hydrogen-bond donors (Lipinski definition) is 3. The van der Waals surface area contributed by atoms with Crippen LogP contribution in [0.1, 0.15) is 19.8 Å². The lowest BCUT2D eigenvalue weighted by Crippen LogP contribution is -2.46. The number of hydrogen-bond acceptors (Lipinski definition) is 3. The lowest BCUT2D eigenvalue weighted by molar-refractivity contribution is -0.140. The Morgan fingerprint density at radius 3 is 2.50 bits per heavy atom. The minimum Gasteiger partial charge on any atom is -0.480 e. The molecule has 0 aliphatic carbocycles. The molecule has 1 heterocycles. The molecule has 80 valence electrons. The zero-order chi connectivity index (χ0) is 10.6. The van der Waals surface area contributed by atoms with E-state index in [9.17, 15) is 9.59 Å². The Kier molecular flexibility index (Phi) is 3.46. The molecule has 0 saturated carbocycles. The second-order valence-corrected chi connectivity index (χ2v) is 3.89. The lowest BCUT2D eigenvalue weighted by atomic mass is 9.80. The predicted molar refractivity (Wildman–Crippen MR) is 50.9 cm³/mol. The summed E-state index contributed by atoms with van der Waals surface area (Å²) >= 11 is 0. The number of rotatable bonds is 3. The molecule has 1 aliphatic rings. The van der Waals surface area contributed by atoms with Crippen molar-refractivity contribution in [3.05, 3.63) is 0 Å². The first-order valence-corrected chi connectivity index (χ1v) is 4.75. The van der Waals surface area contributed by atoms with Crippen LogP contribution in [0.2, 0.25) is 0 Å². The molecule has 5 nitrogen and oxygen atoms in total. The van der Waals surface area contributed by atoms with Crippen molar-refractivity contribution in [3.63, 3.8) is 0 Å². The maximum atomic E-state index is 11.6. The van der Waals surface area contributed by atoms with Gasteiger partial charge >= 0.3 is 5.97 Å². The molecule has 14 heavy (non-hydrogen) atoms. The summed E-state index contributed by atoms with van der Waals surface area (Å²) in [6.07, 6.45) is 1.52. The number of aliphatic carboxylic acids is 1. The maximum Gasteiger partial charge on any atom is 0.322 e. The fraction of sp³-hybridized carbons (Fsp3) is 0.778. The molecule has 0 unspecified atom stereocenters. The van der Waals surface area contributed by atoms with Crippen LogP contribution in [0.4, 0.5) is 0 Å². The highest BCUT2D eigenvalue weighted by Crippen LogP contribution is 2.27. The van der Waals surface area contributed by atoms with Crippen molar-refractivity contribution in [3.8, 4) is 0 Å². The lowest BCUT2D eigenvalue weighted by Gasteiger charge is -2.32. The first kappa shape index (κ1) is 11.0. The van der Waals surface area contributed by atoms with Gasteiger partial charge in [0, 0.05) is 5.41 Å². The predicted octanol–water partition coefficient (Wildman–Crippen LogP) is -0.423. The Hall–Kier alpha value is -1.10. The van der Waals surface area contributed by atoms with E-state index in [2.05, 4.69) is 10.6 Å². The summed E-state index contributed by atoms with van der Waals surface area (Å²) in [6, 6.07) is 0. The normalized spacial score (nSPS) is 20.1. The molecule has 0 aromatic carbocycles. The molecule has 1 fully saturated rings. The second kappa shape index (κ2) is 4.41. The highest BCUT2D eigenvalue weighted by atomic mass is 16.4. The van der Waals surface area contributed by atoms with Gasteiger partial charge in [-0.25, -0.2) is 0 Å². The summed E-state index contributed by atoms with van der Waals surface area (Å²) in [5.41, 5.74) is -0.402. The average Bonchev–Trinajstić information content (AvgIpc) is 2.15. The molecule has 0 atom stereocenters. The van der Waals surface area contributed by atoms with Gasteiger partial charge in [0.15, 0.2) is 0 Å². The van der Waals surface area contributed by atoms with Crippen LogP contribution < -0.4 is 10.6 Å². The highest BCUT2D eigenvalue weighted by molar-refractivity contribution is 5.85. The first-order valence-electron chi connectivity index (χ1n) is 4.75. The van der Waals surface area contributed by atoms with Gasteiger partial charge in [-0.2, -0.15) is 0 Å². The number of amides is 1. The van der Waals surface area contributed by atoms with Crippen molar-refractivity contribution in [2.75, 3.05) is 19.6 Å². The van der Waals surface area contributed by atoms with Gasteiger partial charge in [-0.3, -0.25) is 9.59 Å². The Morgan fingerprint density at radius 1 is 1.43 bits per heavy atom. The van der Waals surface area contributed by atoms with Crippen LogP contribution in [0.3, 0.4) is 0 Å². The third-order valence-corrected chi connectivity index (χ3v) is 2.66. The van der Waals surface area contributed by atoms with Crippen LogP contribution in [0, 0.1) is 5.41 Å². The fourth-order valence-corrected chi connectivity index (χ4v) is 1.57. The van der Waals surface area contributed by atoms with E-state index >= 15 is 0 Å². The molecule has 1 amide bonds. The van der Waals surface area contributed by atoms with Gasteiger partial charge in [-0.05, 0) is 25.9 Å². The van der Waals surface area contributed by atoms with Gasteiger partial charge in [0.05, 0.1) is 0 Å². The third kappa shape index (κ3) is 2.70. The van der Waals surface area contributed by atoms with Gasteiger partial charge in [-0.1, -0.05) is 6.92 Å². The molecular formula is C9H16N2O3. The summed E-state index contributed by atoms with van der Waals surface area (Å²) in [5.74, 6) is -1.16. The molecule has 0 aromatic heterocycles. The number of carbonyl (C=O) groups is 2. The van der Waals surface area contributed by atoms with Crippen LogP contribution in [-0.4, -0.2) is 36.6 Å². The van der Waals surface area contributed by atoms with Crippen LogP contribution in [-0.2, 0) is 9.59 Å². The number of carboxylic acids is 1. The van der Waals surface area contributed by atoms with E-state index in [4.69, 9.17) is 5.11 Å². The van der Waals surface area contributed by atoms with Gasteiger partial charge < -0.3 is 15.7 Å². The Bertz CT molecular complexity index is 234. The van der Waals surface area contributed by atoms with Crippen LogP contribution in [0.15, 0.2) is 0 Å². The molecule has 1 saturated heterocycles. The largest absolute Gasteiger partial charge is 0.480 e. The molecule has 0 spiro atoms. The monoisotopic (exact) mass is 200 g/mol. The minimum absolute atomic E-state index is 0.151. The smallest absolute Gasteiger partial charge is 0.322 e. The van der Waals surface area contributed by atoms with Gasteiger partial charge in [0.1, 0.15) is 6.54 Å². The molecule has 0 bridgehead atoms. The summed E-state index contributed by atoms with van der Waals surface area (Å²) in [5, 5.41) is 14.0. The molecular weight excluding hydrogens is 184 g/mol. The van der Waals surface area contributed by atoms with E-state index in [1.54, 1.807) is 0 Å². The van der Waals surface area contributed by atoms with Crippen LogP contribution in [0.25, 0.3) is 0 Å². The highest BCUT2D eigenvalue weighted by Gasteiger charge is 2.34. The Labute approximate surface area is 82.9 Å². The summed E-state index contributed by atoms with van der Waals surface area (Å²) in [6.45, 7) is 3.22. The minimum atomic E-state index is -1.00. The first-order chi connectivity index (χ1) is 6.54. The van der Waals surface area contributed by atoms with E-state index in [1.807, 2.05) is 6.92 Å². The van der Waals surface area contributed by atoms with E-state index in [-0.39, 0.29) is 12.5 Å². The average molecular weight is 200 g/mol. The zero-order valence-corrected chi connectivity index (χ0v) is 8.30. The number of carbonyl (C=O) groups excluding carboxylic acids is 1. The van der Waals surface area contributed by atoms with E-state index < -0.39 is 11.4 Å². The summed E-state index contributed by atoms with van der Waals surface area (Å²) in [4.78, 5) is 21.9. The fourth-order valence-electron chi connectivity index (χ4n) is 1.57. The van der Waals surface area contributed by atoms with Crippen molar-refractivity contribution in [2.45, 2.75) is 19.8 Å². The zero-order valence-electron chi connectivity index (χ0n) is 8.30. The molecule has 3 N–H and O–H groups in total. The third-order valence-electron chi connectivity index (χ3n) is 2.66. The van der Waals surface area contributed by atoms with Crippen molar-refractivity contribution >= 4 is 11.9 Å². The van der Waals surface area contributed by atoms with Crippen LogP contribution in [0.5, 0.6) is 0 Å². The van der Waals surface area contributed by atoms with Gasteiger partial charge in [-0.15, -0.1) is 0 Å². The van der Waals surface area contributed by atoms with Crippen molar-refractivity contribution < 1.29 is 14.7 Å². The second-order valence-electron chi connectivity index (χ2n) is 3.89. The van der Waals surface area contributed by atoms with Crippen molar-refractivity contribution in [1.82, 2.24) is 10.6 Å². The summed E-state index contributed by atoms with van der Waals surface area (Å²) in [7, 11) is 0. The van der Waals surface area contributed by atoms with Crippen molar-refractivity contribution in [2.24, 2.45) is 5.41 Å².